The Balaban J connectivity index is -0.000000337. The molecule has 0 amide bonds. The summed E-state index contributed by atoms with van der Waals surface area (Å²) in [4.78, 5) is 63.0. The van der Waals surface area contributed by atoms with E-state index in [1.165, 1.54) is 12.8 Å². The van der Waals surface area contributed by atoms with Crippen molar-refractivity contribution in [3.05, 3.63) is 0 Å². The maximum absolute atomic E-state index is 11.7. The van der Waals surface area contributed by atoms with Gasteiger partial charge in [-0.25, -0.2) is 22.3 Å². The number of hydrogen-bond acceptors (Lipinski definition) is 19. The topological polar surface area (TPSA) is 338 Å². The third kappa shape index (κ3) is 77.5. The molecule has 0 bridgehead atoms. The summed E-state index contributed by atoms with van der Waals surface area (Å²) in [6.07, 6.45) is 34.8. The van der Waals surface area contributed by atoms with Gasteiger partial charge in [0.1, 0.15) is 0 Å². The Kier molecular flexibility index (Phi) is 68.5. The molecule has 482 valence electrons. The molecule has 6 unspecified atom stereocenters. The molecule has 0 aromatic carbocycles. The maximum atomic E-state index is 11.7. The van der Waals surface area contributed by atoms with E-state index in [9.17, 15) is 61.9 Å². The van der Waals surface area contributed by atoms with E-state index in [0.29, 0.717) is 38.5 Å². The van der Waals surface area contributed by atoms with E-state index >= 15 is 0 Å². The van der Waals surface area contributed by atoms with Crippen LogP contribution in [0.25, 0.3) is 0 Å². The Labute approximate surface area is 500 Å². The Hall–Kier alpha value is 1.45. The molecule has 6 atom stereocenters. The van der Waals surface area contributed by atoms with Crippen LogP contribution in [0, 0.1) is 0 Å². The van der Waals surface area contributed by atoms with E-state index < -0.39 is 53.0 Å². The molecule has 0 radical (unpaired) electrons. The van der Waals surface area contributed by atoms with Crippen molar-refractivity contribution in [3.8, 4) is 0 Å². The fraction of sp³-hybridized carbons (Fsp3) is 1.00. The first-order valence-corrected chi connectivity index (χ1v) is 38.7. The quantitative estimate of drug-likeness (QED) is 0.0289. The van der Waals surface area contributed by atoms with Gasteiger partial charge in [0.25, 0.3) is 23.5 Å². The molecule has 0 aliphatic heterocycles. The monoisotopic (exact) mass is 1310 g/mol. The third-order valence-corrected chi connectivity index (χ3v) is 19.0. The third-order valence-electron chi connectivity index (χ3n) is 11.1. The molecule has 0 aliphatic rings. The number of unbranched alkanes of at least 4 members (excludes halogenated alkanes) is 30. The largest absolute Gasteiger partial charge is 4.00 e. The molecule has 0 aliphatic carbocycles. The van der Waals surface area contributed by atoms with E-state index in [4.69, 9.17) is 9.05 Å². The van der Waals surface area contributed by atoms with Crippen LogP contribution >= 0.6 is 46.9 Å². The van der Waals surface area contributed by atoms with E-state index in [2.05, 4.69) is 72.6 Å². The fourth-order valence-electron chi connectivity index (χ4n) is 6.88. The Morgan fingerprint density at radius 3 is 0.637 bits per heavy atom. The van der Waals surface area contributed by atoms with Crippen LogP contribution in [0.4, 0.5) is 0 Å². The van der Waals surface area contributed by atoms with Gasteiger partial charge in [-0.05, 0) is 38.5 Å². The SMILES string of the molecule is CC(C)[O-].CCCCCCCCOP(=O)(O)OP(=O)(O)OCCCCCCCC.CCCCCCCCOP(=O)([O-])OP(=O)(O)OCCCCCCCC.CCCCCCCCOP(=O)([O-])OP(=O)([O-])OCCCCCCCC.[Ti+4]. The zero-order valence-electron chi connectivity index (χ0n) is 50.6. The van der Waals surface area contributed by atoms with Crippen molar-refractivity contribution in [2.24, 2.45) is 0 Å². The molecule has 0 aromatic heterocycles. The molecule has 29 heteroatoms. The first-order valence-electron chi connectivity index (χ1n) is 29.8. The fourth-order valence-corrected chi connectivity index (χ4v) is 13.2. The van der Waals surface area contributed by atoms with Gasteiger partial charge in [0, 0.05) is 0 Å². The molecule has 0 aromatic rings. The number of rotatable bonds is 54. The molecule has 0 saturated carbocycles. The Bertz CT molecular complexity index is 1340. The van der Waals surface area contributed by atoms with Gasteiger partial charge in [-0.15, -0.1) is 6.10 Å². The predicted octanol–water partition coefficient (Wildman–Crippen LogP) is 15.7. The minimum absolute atomic E-state index is 0. The van der Waals surface area contributed by atoms with Crippen LogP contribution in [0.15, 0.2) is 0 Å². The summed E-state index contributed by atoms with van der Waals surface area (Å²) in [5.74, 6) is 0. The van der Waals surface area contributed by atoms with Crippen molar-refractivity contribution in [1.29, 1.82) is 0 Å². The molecule has 22 nitrogen and oxygen atoms in total. The molecule has 0 fully saturated rings. The number of phosphoric ester groups is 6. The van der Waals surface area contributed by atoms with Crippen molar-refractivity contribution in [2.45, 2.75) is 293 Å². The van der Waals surface area contributed by atoms with Crippen LogP contribution in [0.2, 0.25) is 0 Å². The van der Waals surface area contributed by atoms with Crippen molar-refractivity contribution in [3.63, 3.8) is 0 Å². The zero-order chi connectivity index (χ0) is 60.6. The zero-order valence-corrected chi connectivity index (χ0v) is 57.5. The van der Waals surface area contributed by atoms with Gasteiger partial charge in [0.05, 0.1) is 39.6 Å². The summed E-state index contributed by atoms with van der Waals surface area (Å²) in [5, 5.41) is 9.53. The second-order valence-electron chi connectivity index (χ2n) is 19.6. The summed E-state index contributed by atoms with van der Waals surface area (Å²) in [7, 11) is -28.4. The van der Waals surface area contributed by atoms with Crippen molar-refractivity contribution < 1.29 is 124 Å². The first-order chi connectivity index (χ1) is 37.2. The van der Waals surface area contributed by atoms with Crippen LogP contribution < -0.4 is 19.8 Å². The van der Waals surface area contributed by atoms with Gasteiger partial charge < -0.3 is 48.0 Å². The minimum Gasteiger partial charge on any atom is -0.852 e. The van der Waals surface area contributed by atoms with Gasteiger partial charge >= 0.3 is 45.2 Å². The smallest absolute Gasteiger partial charge is 0.852 e. The summed E-state index contributed by atoms with van der Waals surface area (Å²) in [6.45, 7) is 15.8. The summed E-state index contributed by atoms with van der Waals surface area (Å²) in [5.41, 5.74) is 0. The van der Waals surface area contributed by atoms with Crippen molar-refractivity contribution in [1.82, 2.24) is 0 Å². The maximum Gasteiger partial charge on any atom is 4.00 e. The second-order valence-corrected chi connectivity index (χ2v) is 28.7. The summed E-state index contributed by atoms with van der Waals surface area (Å²) in [6, 6.07) is 0. The van der Waals surface area contributed by atoms with E-state index in [1.807, 2.05) is 0 Å². The van der Waals surface area contributed by atoms with Crippen LogP contribution in [0.1, 0.15) is 287 Å². The van der Waals surface area contributed by atoms with Gasteiger partial charge in [0.15, 0.2) is 0 Å². The molecule has 0 saturated heterocycles. The molecule has 0 spiro atoms. The van der Waals surface area contributed by atoms with Crippen LogP contribution in [-0.2, 0) is 89.2 Å². The van der Waals surface area contributed by atoms with Gasteiger partial charge in [-0.1, -0.05) is 248 Å². The number of phosphoric acid groups is 6. The molecule has 3 N–H and O–H groups in total. The van der Waals surface area contributed by atoms with Crippen molar-refractivity contribution in [2.75, 3.05) is 39.6 Å². The van der Waals surface area contributed by atoms with Gasteiger partial charge in [0.2, 0.25) is 0 Å². The molecular formula is C51H112O22P6Ti. The van der Waals surface area contributed by atoms with E-state index in [0.717, 1.165) is 180 Å². The van der Waals surface area contributed by atoms with Crippen molar-refractivity contribution >= 4 is 46.9 Å². The molecular weight excluding hydrogens is 1200 g/mol. The predicted molar refractivity (Wildman–Crippen MR) is 307 cm³/mol. The van der Waals surface area contributed by atoms with Crippen LogP contribution in [-0.4, -0.2) is 60.4 Å². The minimum atomic E-state index is -4.90. The Morgan fingerprint density at radius 1 is 0.287 bits per heavy atom. The van der Waals surface area contributed by atoms with E-state index in [1.54, 1.807) is 13.8 Å². The normalized spacial score (nSPS) is 15.9. The number of hydrogen-bond donors (Lipinski definition) is 3. The second kappa shape index (κ2) is 60.7. The molecule has 80 heavy (non-hydrogen) atoms. The standard InChI is InChI=1S/3C16H36O7P2.C3H7O.Ti/c3*1-3-5-7-9-11-13-15-21-24(17,18)23-25(19,20)22-16-14-12-10-8-6-4-2;1-3(2)4;/h3*3-16H2,1-2H3,(H,17,18)(H,19,20);3H,1-2H3;/q;;;-1;+4/p-3. The first kappa shape index (κ1) is 90.2. The molecule has 0 heterocycles. The molecule has 0 rings (SSSR count). The van der Waals surface area contributed by atoms with E-state index in [-0.39, 0.29) is 61.4 Å². The Morgan fingerprint density at radius 2 is 0.438 bits per heavy atom. The van der Waals surface area contributed by atoms with Crippen LogP contribution in [0.3, 0.4) is 0 Å². The van der Waals surface area contributed by atoms with Gasteiger partial charge in [-0.3, -0.25) is 27.3 Å². The average molecular weight is 1310 g/mol. The van der Waals surface area contributed by atoms with Gasteiger partial charge in [-0.2, -0.15) is 4.31 Å². The van der Waals surface area contributed by atoms with Crippen LogP contribution in [0.5, 0.6) is 0 Å². The summed E-state index contributed by atoms with van der Waals surface area (Å²) >= 11 is 0. The summed E-state index contributed by atoms with van der Waals surface area (Å²) < 4.78 is 110. The average Bonchev–Trinajstić information content (AvgIpc) is 3.34.